The molecule has 156 valence electrons. The topological polar surface area (TPSA) is 35.6 Å². The average molecular weight is 397 g/mol. The number of carbonyl (C=O) groups is 1. The molecule has 0 radical (unpaired) electrons. The van der Waals surface area contributed by atoms with Crippen molar-refractivity contribution in [3.05, 3.63) is 35.4 Å². The third-order valence-corrected chi connectivity index (χ3v) is 5.95. The Morgan fingerprint density at radius 3 is 2.46 bits per heavy atom. The van der Waals surface area contributed by atoms with Crippen molar-refractivity contribution in [3.8, 4) is 0 Å². The number of amides is 1. The Hall–Kier alpha value is -1.60. The predicted octanol–water partition coefficient (Wildman–Crippen LogP) is 3.66. The number of alkyl halides is 3. The van der Waals surface area contributed by atoms with Crippen LogP contribution in [0.2, 0.25) is 0 Å². The van der Waals surface area contributed by atoms with E-state index in [4.69, 9.17) is 0 Å². The summed E-state index contributed by atoms with van der Waals surface area (Å²) in [7, 11) is 0. The molecule has 1 unspecified atom stereocenters. The van der Waals surface area contributed by atoms with Crippen LogP contribution in [0.1, 0.15) is 50.2 Å². The van der Waals surface area contributed by atoms with E-state index in [0.717, 1.165) is 45.1 Å². The van der Waals surface area contributed by atoms with Gasteiger partial charge >= 0.3 is 6.18 Å². The zero-order valence-corrected chi connectivity index (χ0v) is 16.5. The molecule has 1 aromatic rings. The van der Waals surface area contributed by atoms with Crippen LogP contribution >= 0.6 is 0 Å². The highest BCUT2D eigenvalue weighted by atomic mass is 19.4. The standard InChI is InChI=1S/C21H30F3N3O/c1-16(20(28)25-19-8-3-2-4-9-19)27-12-10-26(11-13-27)15-17-6-5-7-18(14-17)21(22,23)24/h5-7,14,16,19H,2-4,8-13,15H2,1H3,(H,25,28). The lowest BCUT2D eigenvalue weighted by Crippen LogP contribution is -2.54. The van der Waals surface area contributed by atoms with Crippen LogP contribution in [0, 0.1) is 0 Å². The lowest BCUT2D eigenvalue weighted by atomic mass is 9.95. The monoisotopic (exact) mass is 397 g/mol. The summed E-state index contributed by atoms with van der Waals surface area (Å²) in [5, 5.41) is 3.19. The Labute approximate surface area is 165 Å². The average Bonchev–Trinajstić information content (AvgIpc) is 2.68. The number of carbonyl (C=O) groups excluding carboxylic acids is 1. The predicted molar refractivity (Wildman–Crippen MR) is 103 cm³/mol. The van der Waals surface area contributed by atoms with Gasteiger partial charge in [0.15, 0.2) is 0 Å². The molecule has 2 aliphatic rings. The summed E-state index contributed by atoms with van der Waals surface area (Å²) in [6.45, 7) is 5.44. The van der Waals surface area contributed by atoms with Crippen LogP contribution in [0.25, 0.3) is 0 Å². The number of hydrogen-bond donors (Lipinski definition) is 1. The fourth-order valence-corrected chi connectivity index (χ4v) is 4.15. The zero-order valence-electron chi connectivity index (χ0n) is 16.5. The molecule has 1 aliphatic heterocycles. The lowest BCUT2D eigenvalue weighted by molar-refractivity contribution is -0.137. The third-order valence-electron chi connectivity index (χ3n) is 5.95. The van der Waals surface area contributed by atoms with Gasteiger partial charge in [-0.3, -0.25) is 14.6 Å². The van der Waals surface area contributed by atoms with Crippen molar-refractivity contribution >= 4 is 5.91 Å². The van der Waals surface area contributed by atoms with E-state index in [0.29, 0.717) is 18.2 Å². The van der Waals surface area contributed by atoms with Crippen LogP contribution in [-0.2, 0) is 17.5 Å². The fourth-order valence-electron chi connectivity index (χ4n) is 4.15. The molecule has 0 bridgehead atoms. The van der Waals surface area contributed by atoms with Gasteiger partial charge in [0.1, 0.15) is 0 Å². The summed E-state index contributed by atoms with van der Waals surface area (Å²) in [4.78, 5) is 16.9. The number of hydrogen-bond acceptors (Lipinski definition) is 3. The van der Waals surface area contributed by atoms with Crippen LogP contribution in [-0.4, -0.2) is 54.0 Å². The Morgan fingerprint density at radius 2 is 1.82 bits per heavy atom. The van der Waals surface area contributed by atoms with E-state index in [1.54, 1.807) is 6.07 Å². The second kappa shape index (κ2) is 9.27. The Balaban J connectivity index is 1.47. The van der Waals surface area contributed by atoms with Crippen LogP contribution in [0.4, 0.5) is 13.2 Å². The van der Waals surface area contributed by atoms with Crippen LogP contribution in [0.3, 0.4) is 0 Å². The summed E-state index contributed by atoms with van der Waals surface area (Å²) in [5.41, 5.74) is 0.0722. The summed E-state index contributed by atoms with van der Waals surface area (Å²) in [6, 6.07) is 5.68. The van der Waals surface area contributed by atoms with E-state index < -0.39 is 11.7 Å². The van der Waals surface area contributed by atoms with Crippen molar-refractivity contribution in [2.75, 3.05) is 26.2 Å². The normalized spacial score (nSPS) is 21.4. The zero-order chi connectivity index (χ0) is 20.1. The van der Waals surface area contributed by atoms with Gasteiger partial charge in [-0.25, -0.2) is 0 Å². The van der Waals surface area contributed by atoms with E-state index in [-0.39, 0.29) is 11.9 Å². The molecule has 7 heteroatoms. The molecule has 4 nitrogen and oxygen atoms in total. The molecule has 0 spiro atoms. The number of rotatable bonds is 5. The molecule has 0 aromatic heterocycles. The molecule has 1 aromatic carbocycles. The van der Waals surface area contributed by atoms with Crippen molar-refractivity contribution in [3.63, 3.8) is 0 Å². The first-order chi connectivity index (χ1) is 13.3. The van der Waals surface area contributed by atoms with Gasteiger partial charge in [0, 0.05) is 38.8 Å². The molecular weight excluding hydrogens is 367 g/mol. The Morgan fingerprint density at radius 1 is 1.14 bits per heavy atom. The maximum Gasteiger partial charge on any atom is 0.416 e. The SMILES string of the molecule is CC(C(=O)NC1CCCCC1)N1CCN(Cc2cccc(C(F)(F)F)c2)CC1. The molecule has 1 amide bonds. The quantitative estimate of drug-likeness (QED) is 0.824. The van der Waals surface area contributed by atoms with Gasteiger partial charge in [0.2, 0.25) is 5.91 Å². The van der Waals surface area contributed by atoms with Gasteiger partial charge < -0.3 is 5.32 Å². The second-order valence-corrected chi connectivity index (χ2v) is 8.03. The van der Waals surface area contributed by atoms with E-state index in [1.807, 2.05) is 6.92 Å². The van der Waals surface area contributed by atoms with Gasteiger partial charge in [-0.15, -0.1) is 0 Å². The van der Waals surface area contributed by atoms with Crippen molar-refractivity contribution in [1.82, 2.24) is 15.1 Å². The number of benzene rings is 1. The molecule has 1 saturated heterocycles. The molecule has 1 atom stereocenters. The van der Waals surface area contributed by atoms with Gasteiger partial charge in [0.25, 0.3) is 0 Å². The highest BCUT2D eigenvalue weighted by Crippen LogP contribution is 2.29. The van der Waals surface area contributed by atoms with Gasteiger partial charge in [0.05, 0.1) is 11.6 Å². The van der Waals surface area contributed by atoms with Crippen molar-refractivity contribution in [1.29, 1.82) is 0 Å². The molecule has 1 N–H and O–H groups in total. The number of nitrogens with one attached hydrogen (secondary N) is 1. The van der Waals surface area contributed by atoms with Gasteiger partial charge in [-0.1, -0.05) is 37.5 Å². The second-order valence-electron chi connectivity index (χ2n) is 8.03. The highest BCUT2D eigenvalue weighted by Gasteiger charge is 2.31. The maximum absolute atomic E-state index is 12.9. The lowest BCUT2D eigenvalue weighted by Gasteiger charge is -2.38. The molecule has 28 heavy (non-hydrogen) atoms. The number of nitrogens with zero attached hydrogens (tertiary/aromatic N) is 2. The molecule has 3 rings (SSSR count). The summed E-state index contributed by atoms with van der Waals surface area (Å²) in [6.07, 6.45) is 1.47. The molecule has 1 aliphatic carbocycles. The van der Waals surface area contributed by atoms with E-state index >= 15 is 0 Å². The van der Waals surface area contributed by atoms with E-state index in [9.17, 15) is 18.0 Å². The maximum atomic E-state index is 12.9. The van der Waals surface area contributed by atoms with Crippen molar-refractivity contribution in [2.45, 2.75) is 63.8 Å². The summed E-state index contributed by atoms with van der Waals surface area (Å²) in [5.74, 6) is 0.0956. The largest absolute Gasteiger partial charge is 0.416 e. The van der Waals surface area contributed by atoms with Crippen LogP contribution in [0.5, 0.6) is 0 Å². The van der Waals surface area contributed by atoms with Crippen molar-refractivity contribution < 1.29 is 18.0 Å². The van der Waals surface area contributed by atoms with Crippen LogP contribution < -0.4 is 5.32 Å². The minimum atomic E-state index is -4.31. The number of halogens is 3. The highest BCUT2D eigenvalue weighted by molar-refractivity contribution is 5.81. The first kappa shape index (κ1) is 21.1. The Bertz CT molecular complexity index is 651. The van der Waals surface area contributed by atoms with Gasteiger partial charge in [-0.05, 0) is 31.4 Å². The summed E-state index contributed by atoms with van der Waals surface area (Å²) >= 11 is 0. The van der Waals surface area contributed by atoms with Gasteiger partial charge in [-0.2, -0.15) is 13.2 Å². The summed E-state index contributed by atoms with van der Waals surface area (Å²) < 4.78 is 38.6. The van der Waals surface area contributed by atoms with E-state index in [2.05, 4.69) is 15.1 Å². The molecule has 1 heterocycles. The van der Waals surface area contributed by atoms with E-state index in [1.165, 1.54) is 31.4 Å². The first-order valence-electron chi connectivity index (χ1n) is 10.3. The minimum absolute atomic E-state index is 0.0956. The first-order valence-corrected chi connectivity index (χ1v) is 10.3. The Kier molecular flexibility index (Phi) is 6.99. The smallest absolute Gasteiger partial charge is 0.352 e. The number of piperazine rings is 1. The van der Waals surface area contributed by atoms with Crippen molar-refractivity contribution in [2.24, 2.45) is 0 Å². The molecule has 1 saturated carbocycles. The minimum Gasteiger partial charge on any atom is -0.352 e. The third kappa shape index (κ3) is 5.70. The van der Waals surface area contributed by atoms with Crippen LogP contribution in [0.15, 0.2) is 24.3 Å². The molecule has 2 fully saturated rings. The fraction of sp³-hybridized carbons (Fsp3) is 0.667. The molecular formula is C21H30F3N3O.